The number of fused-ring (bicyclic) bond motifs is 1. The summed E-state index contributed by atoms with van der Waals surface area (Å²) in [5, 5.41) is 22.2. The monoisotopic (exact) mass is 484 g/mol. The summed E-state index contributed by atoms with van der Waals surface area (Å²) in [6.45, 7) is 6.39. The fourth-order valence-electron chi connectivity index (χ4n) is 4.75. The van der Waals surface area contributed by atoms with Crippen LogP contribution in [0.1, 0.15) is 32.8 Å². The van der Waals surface area contributed by atoms with E-state index in [1.165, 1.54) is 4.57 Å². The van der Waals surface area contributed by atoms with Gasteiger partial charge in [0.1, 0.15) is 18.1 Å². The zero-order valence-corrected chi connectivity index (χ0v) is 20.3. The lowest BCUT2D eigenvalue weighted by atomic mass is 9.89. The maximum Gasteiger partial charge on any atom is 0.328 e. The number of anilines is 3. The normalized spacial score (nSPS) is 21.2. The Kier molecular flexibility index (Phi) is 6.81. The van der Waals surface area contributed by atoms with Crippen LogP contribution in [-0.4, -0.2) is 44.6 Å². The first kappa shape index (κ1) is 24.7. The fraction of sp³-hybridized carbons (Fsp3) is 0.480. The second-order valence-electron chi connectivity index (χ2n) is 9.57. The molecule has 2 N–H and O–H groups in total. The molecule has 1 aromatic carbocycles. The Hall–Kier alpha value is -3.45. The highest BCUT2D eigenvalue weighted by Gasteiger charge is 2.33. The number of hydrogen-bond donors (Lipinski definition) is 2. The van der Waals surface area contributed by atoms with E-state index in [4.69, 9.17) is 0 Å². The molecule has 0 radical (unpaired) electrons. The van der Waals surface area contributed by atoms with Gasteiger partial charge in [-0.2, -0.15) is 5.26 Å². The average Bonchev–Trinajstić information content (AvgIpc) is 3.05. The van der Waals surface area contributed by atoms with Crippen molar-refractivity contribution in [3.8, 4) is 6.07 Å². The van der Waals surface area contributed by atoms with Gasteiger partial charge in [-0.25, -0.2) is 18.6 Å². The maximum absolute atomic E-state index is 14.9. The van der Waals surface area contributed by atoms with Crippen LogP contribution in [0.2, 0.25) is 0 Å². The minimum atomic E-state index is -0.946. The highest BCUT2D eigenvalue weighted by molar-refractivity contribution is 5.81. The molecule has 1 fully saturated rings. The van der Waals surface area contributed by atoms with Gasteiger partial charge in [-0.15, -0.1) is 0 Å². The third-order valence-electron chi connectivity index (χ3n) is 6.66. The van der Waals surface area contributed by atoms with Gasteiger partial charge in [0, 0.05) is 44.2 Å². The van der Waals surface area contributed by atoms with Crippen molar-refractivity contribution in [1.29, 1.82) is 5.26 Å². The highest BCUT2D eigenvalue weighted by Crippen LogP contribution is 2.32. The van der Waals surface area contributed by atoms with E-state index in [9.17, 15) is 23.9 Å². The molecule has 0 saturated carbocycles. The molecule has 2 aromatic heterocycles. The molecule has 0 spiro atoms. The molecule has 8 nitrogen and oxygen atoms in total. The molecule has 10 heteroatoms. The number of aliphatic hydroxyl groups excluding tert-OH is 1. The lowest BCUT2D eigenvalue weighted by Crippen LogP contribution is -2.46. The van der Waals surface area contributed by atoms with E-state index in [2.05, 4.69) is 10.3 Å². The van der Waals surface area contributed by atoms with Gasteiger partial charge in [-0.3, -0.25) is 9.13 Å². The molecule has 1 saturated heterocycles. The van der Waals surface area contributed by atoms with Gasteiger partial charge in [0.15, 0.2) is 11.6 Å². The summed E-state index contributed by atoms with van der Waals surface area (Å²) in [6, 6.07) is 8.36. The molecule has 3 aromatic rings. The van der Waals surface area contributed by atoms with Crippen LogP contribution in [0.15, 0.2) is 29.1 Å². The molecule has 35 heavy (non-hydrogen) atoms. The van der Waals surface area contributed by atoms with Gasteiger partial charge in [0.25, 0.3) is 0 Å². The number of piperidine rings is 1. The topological polar surface area (TPSA) is 99.1 Å². The molecule has 4 atom stereocenters. The van der Waals surface area contributed by atoms with Crippen LogP contribution in [0.4, 0.5) is 26.1 Å². The number of hydrogen-bond acceptors (Lipinski definition) is 6. The van der Waals surface area contributed by atoms with Crippen LogP contribution in [0.3, 0.4) is 0 Å². The number of nitrogens with one attached hydrogen (secondary N) is 1. The number of imidazole rings is 1. The van der Waals surface area contributed by atoms with Crippen LogP contribution in [0.25, 0.3) is 11.0 Å². The zero-order chi connectivity index (χ0) is 25.4. The molecule has 4 rings (SSSR count). The second-order valence-corrected chi connectivity index (χ2v) is 9.57. The molecule has 1 unspecified atom stereocenters. The van der Waals surface area contributed by atoms with Gasteiger partial charge in [-0.05, 0) is 37.6 Å². The lowest BCUT2D eigenvalue weighted by Gasteiger charge is -2.38. The van der Waals surface area contributed by atoms with E-state index >= 15 is 0 Å². The Bertz CT molecular complexity index is 1330. The van der Waals surface area contributed by atoms with Crippen LogP contribution in [-0.2, 0) is 13.6 Å². The molecule has 1 aliphatic rings. The van der Waals surface area contributed by atoms with Crippen LogP contribution in [0, 0.1) is 29.0 Å². The second kappa shape index (κ2) is 9.66. The van der Waals surface area contributed by atoms with Crippen molar-refractivity contribution in [2.75, 3.05) is 23.3 Å². The number of aryl methyl sites for hydroxylation is 2. The predicted molar refractivity (Wildman–Crippen MR) is 131 cm³/mol. The lowest BCUT2D eigenvalue weighted by molar-refractivity contribution is 0.148. The van der Waals surface area contributed by atoms with Crippen LogP contribution < -0.4 is 15.9 Å². The van der Waals surface area contributed by atoms with Crippen molar-refractivity contribution in [1.82, 2.24) is 14.1 Å². The number of alkyl halides is 1. The Morgan fingerprint density at radius 1 is 1.26 bits per heavy atom. The first-order valence-corrected chi connectivity index (χ1v) is 11.7. The molecule has 0 bridgehead atoms. The number of nitrogens with zero attached hydrogens (tertiary/aromatic N) is 5. The summed E-state index contributed by atoms with van der Waals surface area (Å²) in [6.07, 6.45) is -1.08. The highest BCUT2D eigenvalue weighted by atomic mass is 19.1. The summed E-state index contributed by atoms with van der Waals surface area (Å²) in [7, 11) is 1.67. The Balaban J connectivity index is 1.70. The molecule has 3 heterocycles. The SMILES string of the molecule is C[C@H](O)CCn1c(=O)n(C)c2ccc(Nc3nc(N4C[C@@H](C)C(F)[C@@H](C)C4)c(C#N)cc3F)cc21. The Morgan fingerprint density at radius 2 is 1.94 bits per heavy atom. The number of pyridine rings is 1. The van der Waals surface area contributed by atoms with Crippen LogP contribution >= 0.6 is 0 Å². The van der Waals surface area contributed by atoms with Crippen molar-refractivity contribution in [2.24, 2.45) is 18.9 Å². The summed E-state index contributed by atoms with van der Waals surface area (Å²) < 4.78 is 32.4. The molecule has 0 amide bonds. The zero-order valence-electron chi connectivity index (χ0n) is 20.3. The van der Waals surface area contributed by atoms with Gasteiger partial charge >= 0.3 is 5.69 Å². The number of rotatable bonds is 6. The van der Waals surface area contributed by atoms with E-state index in [-0.39, 0.29) is 28.9 Å². The van der Waals surface area contributed by atoms with Gasteiger partial charge < -0.3 is 15.3 Å². The summed E-state index contributed by atoms with van der Waals surface area (Å²) in [5.74, 6) is -0.919. The molecular weight excluding hydrogens is 454 g/mol. The summed E-state index contributed by atoms with van der Waals surface area (Å²) in [5.41, 5.74) is 1.75. The van der Waals surface area contributed by atoms with E-state index in [1.807, 2.05) is 24.8 Å². The third kappa shape index (κ3) is 4.73. The number of nitriles is 1. The standard InChI is InChI=1S/C25H30F2N6O2/c1-14-12-32(13-15(2)22(14)27)24-17(11-28)9-19(26)23(30-24)29-18-5-6-20-21(10-18)33(8-7-16(3)34)25(35)31(20)4/h5-6,9-10,14-16,22,34H,7-8,12-13H2,1-4H3,(H,29,30)/t14-,15+,16-,22?/m0/s1. The maximum atomic E-state index is 14.9. The largest absolute Gasteiger partial charge is 0.393 e. The van der Waals surface area contributed by atoms with E-state index in [1.54, 1.807) is 36.7 Å². The first-order valence-electron chi connectivity index (χ1n) is 11.7. The molecule has 186 valence electrons. The van der Waals surface area contributed by atoms with E-state index < -0.39 is 18.1 Å². The van der Waals surface area contributed by atoms with Crippen molar-refractivity contribution in [3.05, 3.63) is 46.1 Å². The van der Waals surface area contributed by atoms with Crippen LogP contribution in [0.5, 0.6) is 0 Å². The third-order valence-corrected chi connectivity index (χ3v) is 6.66. The number of benzene rings is 1. The van der Waals surface area contributed by atoms with E-state index in [0.717, 1.165) is 6.07 Å². The summed E-state index contributed by atoms with van der Waals surface area (Å²) >= 11 is 0. The van der Waals surface area contributed by atoms with Crippen molar-refractivity contribution in [3.63, 3.8) is 0 Å². The van der Waals surface area contributed by atoms with Gasteiger partial charge in [0.05, 0.1) is 22.7 Å². The van der Waals surface area contributed by atoms with Crippen molar-refractivity contribution < 1.29 is 13.9 Å². The molecule has 0 aliphatic carbocycles. The fourth-order valence-corrected chi connectivity index (χ4v) is 4.75. The van der Waals surface area contributed by atoms with Crippen molar-refractivity contribution in [2.45, 2.75) is 46.0 Å². The minimum Gasteiger partial charge on any atom is -0.393 e. The molecule has 1 aliphatic heterocycles. The number of aliphatic hydroxyl groups is 1. The van der Waals surface area contributed by atoms with Crippen molar-refractivity contribution >= 4 is 28.4 Å². The summed E-state index contributed by atoms with van der Waals surface area (Å²) in [4.78, 5) is 18.9. The van der Waals surface area contributed by atoms with Gasteiger partial charge in [-0.1, -0.05) is 13.8 Å². The molecular formula is C25H30F2N6O2. The Labute approximate surface area is 202 Å². The predicted octanol–water partition coefficient (Wildman–Crippen LogP) is 3.69. The minimum absolute atomic E-state index is 0.0603. The average molecular weight is 485 g/mol. The Morgan fingerprint density at radius 3 is 2.57 bits per heavy atom. The smallest absolute Gasteiger partial charge is 0.328 e. The van der Waals surface area contributed by atoms with Gasteiger partial charge in [0.2, 0.25) is 0 Å². The van der Waals surface area contributed by atoms with E-state index in [0.29, 0.717) is 48.6 Å². The number of aromatic nitrogens is 3. The first-order chi connectivity index (χ1) is 16.6. The quantitative estimate of drug-likeness (QED) is 0.554. The number of halogens is 2.